The minimum absolute atomic E-state index is 0.0133. The summed E-state index contributed by atoms with van der Waals surface area (Å²) in [5.41, 5.74) is 6.66. The van der Waals surface area contributed by atoms with Crippen LogP contribution in [0.4, 0.5) is 5.69 Å². The number of ether oxygens (including phenoxy) is 3. The second kappa shape index (κ2) is 3.90. The smallest absolute Gasteiger partial charge is 0.339 e. The lowest BCUT2D eigenvalue weighted by atomic mass is 10.1. The minimum atomic E-state index is -1.11. The van der Waals surface area contributed by atoms with Gasteiger partial charge < -0.3 is 25.1 Å². The standard InChI is InChI=1S/C10H11NO5/c1-14-9-5(10(12)13)2-7-6(8(9)11)3-15-4-16-7/h2H,3-4,11H2,1H3,(H,12,13). The summed E-state index contributed by atoms with van der Waals surface area (Å²) in [6.07, 6.45) is 0. The summed E-state index contributed by atoms with van der Waals surface area (Å²) in [6, 6.07) is 1.40. The van der Waals surface area contributed by atoms with Crippen molar-refractivity contribution in [2.24, 2.45) is 0 Å². The molecular formula is C10H11NO5. The summed E-state index contributed by atoms with van der Waals surface area (Å²) >= 11 is 0. The molecule has 1 heterocycles. The highest BCUT2D eigenvalue weighted by molar-refractivity contribution is 5.94. The maximum atomic E-state index is 11.0. The quantitative estimate of drug-likeness (QED) is 0.725. The molecule has 2 rings (SSSR count). The molecule has 3 N–H and O–H groups in total. The lowest BCUT2D eigenvalue weighted by Crippen LogP contribution is -2.15. The molecule has 0 aromatic heterocycles. The first-order chi connectivity index (χ1) is 7.65. The average Bonchev–Trinajstić information content (AvgIpc) is 2.29. The monoisotopic (exact) mass is 225 g/mol. The van der Waals surface area contributed by atoms with Crippen LogP contribution in [0.2, 0.25) is 0 Å². The van der Waals surface area contributed by atoms with Gasteiger partial charge in [-0.25, -0.2) is 4.79 Å². The van der Waals surface area contributed by atoms with Crippen LogP contribution in [0.15, 0.2) is 6.07 Å². The largest absolute Gasteiger partial charge is 0.494 e. The zero-order chi connectivity index (χ0) is 11.7. The number of methoxy groups -OCH3 is 1. The van der Waals surface area contributed by atoms with Gasteiger partial charge in [0.1, 0.15) is 11.3 Å². The van der Waals surface area contributed by atoms with Crippen molar-refractivity contribution in [2.45, 2.75) is 6.61 Å². The maximum absolute atomic E-state index is 11.0. The number of carboxylic acids is 1. The van der Waals surface area contributed by atoms with Crippen molar-refractivity contribution in [2.75, 3.05) is 19.6 Å². The second-order valence-corrected chi connectivity index (χ2v) is 3.26. The molecule has 16 heavy (non-hydrogen) atoms. The van der Waals surface area contributed by atoms with Gasteiger partial charge in [0.05, 0.1) is 19.4 Å². The van der Waals surface area contributed by atoms with Crippen molar-refractivity contribution >= 4 is 11.7 Å². The van der Waals surface area contributed by atoms with Crippen molar-refractivity contribution < 1.29 is 24.1 Å². The molecule has 0 fully saturated rings. The van der Waals surface area contributed by atoms with E-state index in [-0.39, 0.29) is 30.4 Å². The minimum Gasteiger partial charge on any atom is -0.494 e. The SMILES string of the molecule is COc1c(C(=O)O)cc2c(c1N)COCO2. The van der Waals surface area contributed by atoms with Crippen molar-refractivity contribution in [3.05, 3.63) is 17.2 Å². The van der Waals surface area contributed by atoms with E-state index in [4.69, 9.17) is 25.1 Å². The van der Waals surface area contributed by atoms with Crippen molar-refractivity contribution in [1.82, 2.24) is 0 Å². The lowest BCUT2D eigenvalue weighted by Gasteiger charge is -2.21. The highest BCUT2D eigenvalue weighted by Crippen LogP contribution is 2.38. The predicted molar refractivity (Wildman–Crippen MR) is 54.6 cm³/mol. The van der Waals surface area contributed by atoms with Crippen LogP contribution in [0, 0.1) is 0 Å². The highest BCUT2D eigenvalue weighted by Gasteiger charge is 2.23. The van der Waals surface area contributed by atoms with Crippen LogP contribution in [0.3, 0.4) is 0 Å². The zero-order valence-electron chi connectivity index (χ0n) is 8.65. The van der Waals surface area contributed by atoms with E-state index in [1.54, 1.807) is 0 Å². The zero-order valence-corrected chi connectivity index (χ0v) is 8.65. The third kappa shape index (κ3) is 1.53. The Balaban J connectivity index is 2.64. The summed E-state index contributed by atoms with van der Waals surface area (Å²) in [5, 5.41) is 9.00. The Labute approximate surface area is 91.5 Å². The van der Waals surface area contributed by atoms with Crippen molar-refractivity contribution in [3.8, 4) is 11.5 Å². The van der Waals surface area contributed by atoms with Gasteiger partial charge in [0.25, 0.3) is 0 Å². The van der Waals surface area contributed by atoms with Gasteiger partial charge in [-0.15, -0.1) is 0 Å². The van der Waals surface area contributed by atoms with E-state index >= 15 is 0 Å². The second-order valence-electron chi connectivity index (χ2n) is 3.26. The Morgan fingerprint density at radius 2 is 2.38 bits per heavy atom. The highest BCUT2D eigenvalue weighted by atomic mass is 16.7. The molecular weight excluding hydrogens is 214 g/mol. The summed E-state index contributed by atoms with van der Waals surface area (Å²) in [5.74, 6) is -0.538. The number of hydrogen-bond acceptors (Lipinski definition) is 5. The molecule has 0 bridgehead atoms. The molecule has 0 atom stereocenters. The molecule has 86 valence electrons. The Morgan fingerprint density at radius 3 is 3.00 bits per heavy atom. The first-order valence-electron chi connectivity index (χ1n) is 4.58. The van der Waals surface area contributed by atoms with E-state index in [1.165, 1.54) is 13.2 Å². The number of hydrogen-bond donors (Lipinski definition) is 2. The van der Waals surface area contributed by atoms with E-state index < -0.39 is 5.97 Å². The van der Waals surface area contributed by atoms with Gasteiger partial charge in [-0.1, -0.05) is 0 Å². The van der Waals surface area contributed by atoms with Crippen LogP contribution in [0.5, 0.6) is 11.5 Å². The fourth-order valence-corrected chi connectivity index (χ4v) is 1.60. The van der Waals surface area contributed by atoms with E-state index in [0.29, 0.717) is 11.3 Å². The van der Waals surface area contributed by atoms with Gasteiger partial charge in [-0.2, -0.15) is 0 Å². The number of carbonyl (C=O) groups is 1. The molecule has 1 aromatic rings. The van der Waals surface area contributed by atoms with Gasteiger partial charge in [0.2, 0.25) is 0 Å². The van der Waals surface area contributed by atoms with Gasteiger partial charge in [-0.05, 0) is 6.07 Å². The van der Waals surface area contributed by atoms with Crippen LogP contribution in [0.25, 0.3) is 0 Å². The van der Waals surface area contributed by atoms with Crippen LogP contribution in [0.1, 0.15) is 15.9 Å². The molecule has 6 heteroatoms. The fraction of sp³-hybridized carbons (Fsp3) is 0.300. The van der Waals surface area contributed by atoms with Gasteiger partial charge in [0, 0.05) is 5.56 Å². The number of nitrogens with two attached hydrogens (primary N) is 1. The predicted octanol–water partition coefficient (Wildman–Crippen LogP) is 0.842. The topological polar surface area (TPSA) is 91.0 Å². The first-order valence-corrected chi connectivity index (χ1v) is 4.58. The molecule has 1 aromatic carbocycles. The normalized spacial score (nSPS) is 13.8. The van der Waals surface area contributed by atoms with E-state index in [1.807, 2.05) is 0 Å². The molecule has 1 aliphatic heterocycles. The molecule has 0 radical (unpaired) electrons. The number of anilines is 1. The number of fused-ring (bicyclic) bond motifs is 1. The molecule has 0 saturated heterocycles. The van der Waals surface area contributed by atoms with Gasteiger partial charge in [-0.3, -0.25) is 0 Å². The Hall–Kier alpha value is -1.95. The van der Waals surface area contributed by atoms with E-state index in [9.17, 15) is 4.79 Å². The van der Waals surface area contributed by atoms with E-state index in [0.717, 1.165) is 0 Å². The first kappa shape index (κ1) is 10.6. The number of nitrogen functional groups attached to an aromatic ring is 1. The van der Waals surface area contributed by atoms with Crippen molar-refractivity contribution in [1.29, 1.82) is 0 Å². The molecule has 0 spiro atoms. The molecule has 0 aliphatic carbocycles. The van der Waals surface area contributed by atoms with Gasteiger partial charge in [0.15, 0.2) is 12.5 Å². The number of benzene rings is 1. The summed E-state index contributed by atoms with van der Waals surface area (Å²) < 4.78 is 15.2. The van der Waals surface area contributed by atoms with Gasteiger partial charge >= 0.3 is 5.97 Å². The maximum Gasteiger partial charge on any atom is 0.339 e. The molecule has 1 aliphatic rings. The Bertz CT molecular complexity index is 443. The number of carboxylic acid groups (broad SMARTS) is 1. The summed E-state index contributed by atoms with van der Waals surface area (Å²) in [7, 11) is 1.37. The van der Waals surface area contributed by atoms with Crippen LogP contribution in [-0.4, -0.2) is 25.0 Å². The summed E-state index contributed by atoms with van der Waals surface area (Å²) in [6.45, 7) is 0.384. The van der Waals surface area contributed by atoms with Crippen LogP contribution in [-0.2, 0) is 11.3 Å². The van der Waals surface area contributed by atoms with Crippen LogP contribution < -0.4 is 15.2 Å². The average molecular weight is 225 g/mol. The molecule has 0 saturated carbocycles. The number of aromatic carboxylic acids is 1. The van der Waals surface area contributed by atoms with Crippen molar-refractivity contribution in [3.63, 3.8) is 0 Å². The third-order valence-corrected chi connectivity index (χ3v) is 2.37. The third-order valence-electron chi connectivity index (χ3n) is 2.37. The number of rotatable bonds is 2. The Morgan fingerprint density at radius 1 is 1.62 bits per heavy atom. The lowest BCUT2D eigenvalue weighted by molar-refractivity contribution is -0.0161. The fourth-order valence-electron chi connectivity index (χ4n) is 1.60. The Kier molecular flexibility index (Phi) is 2.57. The summed E-state index contributed by atoms with van der Waals surface area (Å²) in [4.78, 5) is 11.0. The van der Waals surface area contributed by atoms with E-state index in [2.05, 4.69) is 0 Å². The molecule has 0 unspecified atom stereocenters. The van der Waals surface area contributed by atoms with Crippen LogP contribution >= 0.6 is 0 Å². The molecule has 0 amide bonds. The molecule has 6 nitrogen and oxygen atoms in total.